The molecule has 0 saturated carbocycles. The van der Waals surface area contributed by atoms with Gasteiger partial charge in [-0.15, -0.1) is 0 Å². The first-order chi connectivity index (χ1) is 16.0. The number of fused-ring (bicyclic) bond motifs is 1. The van der Waals surface area contributed by atoms with Crippen molar-refractivity contribution in [2.45, 2.75) is 26.8 Å². The molecule has 4 aromatic rings. The van der Waals surface area contributed by atoms with Gasteiger partial charge in [-0.05, 0) is 61.9 Å². The Labute approximate surface area is 194 Å². The first-order valence-electron chi connectivity index (χ1n) is 11.1. The Balaban J connectivity index is 1.41. The Kier molecular flexibility index (Phi) is 6.93. The Morgan fingerprint density at radius 3 is 2.52 bits per heavy atom. The lowest BCUT2D eigenvalue weighted by molar-refractivity contribution is 0.0953. The number of hydrogen-bond donors (Lipinski definition) is 1. The van der Waals surface area contributed by atoms with E-state index >= 15 is 0 Å². The average molecular weight is 444 g/mol. The lowest BCUT2D eigenvalue weighted by Crippen LogP contribution is -2.27. The van der Waals surface area contributed by atoms with Gasteiger partial charge in [0, 0.05) is 18.5 Å². The van der Waals surface area contributed by atoms with Crippen LogP contribution in [0.15, 0.2) is 66.7 Å². The van der Waals surface area contributed by atoms with Gasteiger partial charge < -0.3 is 19.4 Å². The Hall–Kier alpha value is -3.80. The van der Waals surface area contributed by atoms with Crippen molar-refractivity contribution in [3.05, 3.63) is 89.2 Å². The molecule has 3 aromatic carbocycles. The standard InChI is InChI=1S/C27H29N3O3/c1-19-8-13-23(20(2)18-19)27(31)28-15-14-26-29-24-6-4-5-7-25(24)30(26)16-17-33-22-11-9-21(32-3)10-12-22/h4-13,18H,14-17H2,1-3H3,(H,28,31). The first-order valence-corrected chi connectivity index (χ1v) is 11.1. The van der Waals surface area contributed by atoms with Crippen molar-refractivity contribution in [2.75, 3.05) is 20.3 Å². The van der Waals surface area contributed by atoms with Crippen molar-refractivity contribution in [2.24, 2.45) is 0 Å². The zero-order chi connectivity index (χ0) is 23.2. The number of para-hydroxylation sites is 2. The van der Waals surface area contributed by atoms with Crippen molar-refractivity contribution < 1.29 is 14.3 Å². The number of nitrogens with zero attached hydrogens (tertiary/aromatic N) is 2. The van der Waals surface area contributed by atoms with E-state index in [-0.39, 0.29) is 5.91 Å². The van der Waals surface area contributed by atoms with Crippen LogP contribution in [-0.2, 0) is 13.0 Å². The highest BCUT2D eigenvalue weighted by Gasteiger charge is 2.13. The number of ether oxygens (including phenoxy) is 2. The fourth-order valence-corrected chi connectivity index (χ4v) is 3.94. The number of nitrogens with one attached hydrogen (secondary N) is 1. The summed E-state index contributed by atoms with van der Waals surface area (Å²) in [6, 6.07) is 21.5. The fourth-order valence-electron chi connectivity index (χ4n) is 3.94. The Morgan fingerprint density at radius 1 is 1.00 bits per heavy atom. The summed E-state index contributed by atoms with van der Waals surface area (Å²) in [7, 11) is 1.64. The molecule has 0 aliphatic rings. The van der Waals surface area contributed by atoms with Gasteiger partial charge in [0.05, 0.1) is 24.7 Å². The molecular formula is C27H29N3O3. The first kappa shape index (κ1) is 22.4. The second kappa shape index (κ2) is 10.2. The molecule has 0 bridgehead atoms. The predicted molar refractivity (Wildman–Crippen MR) is 130 cm³/mol. The van der Waals surface area contributed by atoms with Gasteiger partial charge in [0.25, 0.3) is 5.91 Å². The Bertz CT molecular complexity index is 1250. The lowest BCUT2D eigenvalue weighted by atomic mass is 10.1. The molecule has 6 heteroatoms. The number of aromatic nitrogens is 2. The molecule has 1 aromatic heterocycles. The highest BCUT2D eigenvalue weighted by Crippen LogP contribution is 2.19. The highest BCUT2D eigenvalue weighted by molar-refractivity contribution is 5.95. The molecule has 0 spiro atoms. The van der Waals surface area contributed by atoms with E-state index in [0.717, 1.165) is 39.5 Å². The minimum absolute atomic E-state index is 0.0574. The van der Waals surface area contributed by atoms with Crippen LogP contribution in [0.4, 0.5) is 0 Å². The zero-order valence-corrected chi connectivity index (χ0v) is 19.3. The van der Waals surface area contributed by atoms with Crippen LogP contribution >= 0.6 is 0 Å². The summed E-state index contributed by atoms with van der Waals surface area (Å²) in [4.78, 5) is 17.4. The summed E-state index contributed by atoms with van der Waals surface area (Å²) in [6.45, 7) is 5.66. The number of imidazole rings is 1. The van der Waals surface area contributed by atoms with Gasteiger partial charge in [-0.3, -0.25) is 4.79 Å². The number of carbonyl (C=O) groups is 1. The third-order valence-electron chi connectivity index (χ3n) is 5.64. The summed E-state index contributed by atoms with van der Waals surface area (Å²) < 4.78 is 13.3. The van der Waals surface area contributed by atoms with Crippen LogP contribution in [0, 0.1) is 13.8 Å². The number of hydrogen-bond acceptors (Lipinski definition) is 4. The monoisotopic (exact) mass is 443 g/mol. The van der Waals surface area contributed by atoms with Crippen LogP contribution in [0.3, 0.4) is 0 Å². The normalized spacial score (nSPS) is 10.9. The number of carbonyl (C=O) groups excluding carboxylic acids is 1. The van der Waals surface area contributed by atoms with Crippen molar-refractivity contribution in [1.29, 1.82) is 0 Å². The molecule has 170 valence electrons. The van der Waals surface area contributed by atoms with Crippen LogP contribution in [0.2, 0.25) is 0 Å². The van der Waals surface area contributed by atoms with Gasteiger partial charge in [0.15, 0.2) is 0 Å². The molecule has 0 aliphatic carbocycles. The summed E-state index contributed by atoms with van der Waals surface area (Å²) in [5, 5.41) is 3.04. The number of aryl methyl sites for hydroxylation is 2. The second-order valence-electron chi connectivity index (χ2n) is 8.02. The quantitative estimate of drug-likeness (QED) is 0.407. The molecule has 0 aliphatic heterocycles. The highest BCUT2D eigenvalue weighted by atomic mass is 16.5. The van der Waals surface area contributed by atoms with E-state index in [1.165, 1.54) is 0 Å². The topological polar surface area (TPSA) is 65.4 Å². The summed E-state index contributed by atoms with van der Waals surface area (Å²) in [5.74, 6) is 2.46. The molecule has 0 radical (unpaired) electrons. The van der Waals surface area contributed by atoms with E-state index in [9.17, 15) is 4.79 Å². The molecule has 1 amide bonds. The second-order valence-corrected chi connectivity index (χ2v) is 8.02. The summed E-state index contributed by atoms with van der Waals surface area (Å²) >= 11 is 0. The molecule has 0 fully saturated rings. The van der Waals surface area contributed by atoms with Gasteiger partial charge in [-0.1, -0.05) is 29.8 Å². The lowest BCUT2D eigenvalue weighted by Gasteiger charge is -2.12. The SMILES string of the molecule is COc1ccc(OCCn2c(CCNC(=O)c3ccc(C)cc3C)nc3ccccc32)cc1. The third kappa shape index (κ3) is 5.34. The number of rotatable bonds is 9. The van der Waals surface area contributed by atoms with Crippen LogP contribution in [0.25, 0.3) is 11.0 Å². The van der Waals surface area contributed by atoms with Crippen molar-refractivity contribution >= 4 is 16.9 Å². The maximum absolute atomic E-state index is 12.6. The van der Waals surface area contributed by atoms with Crippen molar-refractivity contribution in [3.8, 4) is 11.5 Å². The van der Waals surface area contributed by atoms with Gasteiger partial charge in [0.1, 0.15) is 23.9 Å². The smallest absolute Gasteiger partial charge is 0.251 e. The molecular weight excluding hydrogens is 414 g/mol. The van der Waals surface area contributed by atoms with E-state index in [1.54, 1.807) is 7.11 Å². The zero-order valence-electron chi connectivity index (χ0n) is 19.3. The van der Waals surface area contributed by atoms with Crippen molar-refractivity contribution in [3.63, 3.8) is 0 Å². The molecule has 1 heterocycles. The van der Waals surface area contributed by atoms with E-state index in [1.807, 2.05) is 74.5 Å². The third-order valence-corrected chi connectivity index (χ3v) is 5.64. The number of methoxy groups -OCH3 is 1. The number of benzene rings is 3. The molecule has 0 saturated heterocycles. The van der Waals surface area contributed by atoms with Gasteiger partial charge in [-0.25, -0.2) is 4.98 Å². The van der Waals surface area contributed by atoms with Crippen molar-refractivity contribution in [1.82, 2.24) is 14.9 Å². The van der Waals surface area contributed by atoms with Gasteiger partial charge >= 0.3 is 0 Å². The van der Waals surface area contributed by atoms with Crippen LogP contribution in [-0.4, -0.2) is 35.7 Å². The molecule has 33 heavy (non-hydrogen) atoms. The summed E-state index contributed by atoms with van der Waals surface area (Å²) in [5.41, 5.74) is 4.84. The van der Waals surface area contributed by atoms with E-state index in [2.05, 4.69) is 16.0 Å². The maximum atomic E-state index is 12.6. The summed E-state index contributed by atoms with van der Waals surface area (Å²) in [6.07, 6.45) is 0.633. The van der Waals surface area contributed by atoms with E-state index < -0.39 is 0 Å². The van der Waals surface area contributed by atoms with Crippen LogP contribution < -0.4 is 14.8 Å². The minimum Gasteiger partial charge on any atom is -0.497 e. The van der Waals surface area contributed by atoms with E-state index in [4.69, 9.17) is 14.5 Å². The number of amides is 1. The molecule has 6 nitrogen and oxygen atoms in total. The Morgan fingerprint density at radius 2 is 1.76 bits per heavy atom. The van der Waals surface area contributed by atoms with E-state index in [0.29, 0.717) is 31.7 Å². The molecule has 0 atom stereocenters. The maximum Gasteiger partial charge on any atom is 0.251 e. The fraction of sp³-hybridized carbons (Fsp3) is 0.259. The van der Waals surface area contributed by atoms with Gasteiger partial charge in [-0.2, -0.15) is 0 Å². The minimum atomic E-state index is -0.0574. The molecule has 4 rings (SSSR count). The largest absolute Gasteiger partial charge is 0.497 e. The average Bonchev–Trinajstić information content (AvgIpc) is 3.17. The molecule has 1 N–H and O–H groups in total. The van der Waals surface area contributed by atoms with Gasteiger partial charge in [0.2, 0.25) is 0 Å². The van der Waals surface area contributed by atoms with Crippen LogP contribution in [0.5, 0.6) is 11.5 Å². The predicted octanol–water partition coefficient (Wildman–Crippen LogP) is 4.71. The van der Waals surface area contributed by atoms with Crippen LogP contribution in [0.1, 0.15) is 27.3 Å². The molecule has 0 unspecified atom stereocenters.